The number of likely N-dealkylation sites (tertiary alicyclic amines) is 2. The number of hydrogen-bond acceptors (Lipinski definition) is 7. The third-order valence-corrected chi connectivity index (χ3v) is 7.08. The molecule has 1 spiro atoms. The Balaban J connectivity index is 1.27. The van der Waals surface area contributed by atoms with E-state index < -0.39 is 0 Å². The standard InChI is InChI=1S/C24H30N6O3/c1-18-26-27-22(33-18)20-15-30(23(31)21-14-25-17-28(21)2)16-24(20)8-10-29(11-9-24)12-13-32-19-6-4-3-5-7-19/h3-7,14,17,20H,8-13,15-16H2,1-2H3. The monoisotopic (exact) mass is 450 g/mol. The topological polar surface area (TPSA) is 89.5 Å². The molecule has 1 atom stereocenters. The molecule has 0 N–H and O–H groups in total. The Morgan fingerprint density at radius 1 is 1.21 bits per heavy atom. The van der Waals surface area contributed by atoms with Gasteiger partial charge in [0.05, 0.1) is 18.4 Å². The highest BCUT2D eigenvalue weighted by Gasteiger charge is 2.52. The van der Waals surface area contributed by atoms with Crippen molar-refractivity contribution in [1.29, 1.82) is 0 Å². The van der Waals surface area contributed by atoms with E-state index in [0.29, 0.717) is 37.2 Å². The van der Waals surface area contributed by atoms with Crippen molar-refractivity contribution in [2.45, 2.75) is 25.7 Å². The minimum absolute atomic E-state index is 0.00630. The highest BCUT2D eigenvalue weighted by Crippen LogP contribution is 2.49. The van der Waals surface area contributed by atoms with Crippen LogP contribution in [0.25, 0.3) is 0 Å². The summed E-state index contributed by atoms with van der Waals surface area (Å²) in [5, 5.41) is 8.41. The van der Waals surface area contributed by atoms with Gasteiger partial charge in [0.1, 0.15) is 18.1 Å². The quantitative estimate of drug-likeness (QED) is 0.570. The summed E-state index contributed by atoms with van der Waals surface area (Å²) in [6.45, 7) is 6.54. The lowest BCUT2D eigenvalue weighted by Crippen LogP contribution is -2.45. The minimum Gasteiger partial charge on any atom is -0.492 e. The molecule has 1 unspecified atom stereocenters. The Kier molecular flexibility index (Phi) is 5.88. The van der Waals surface area contributed by atoms with E-state index in [1.165, 1.54) is 0 Å². The molecule has 0 bridgehead atoms. The van der Waals surface area contributed by atoms with Crippen molar-refractivity contribution in [2.75, 3.05) is 39.3 Å². The second-order valence-electron chi connectivity index (χ2n) is 9.15. The molecule has 0 radical (unpaired) electrons. The highest BCUT2D eigenvalue weighted by molar-refractivity contribution is 5.92. The fourth-order valence-corrected chi connectivity index (χ4v) is 5.18. The number of carbonyl (C=O) groups excluding carboxylic acids is 1. The molecule has 2 aliphatic rings. The van der Waals surface area contributed by atoms with E-state index in [4.69, 9.17) is 9.15 Å². The van der Waals surface area contributed by atoms with E-state index in [1.54, 1.807) is 17.1 Å². The number of aromatic nitrogens is 4. The molecule has 4 heterocycles. The Labute approximate surface area is 193 Å². The first-order valence-electron chi connectivity index (χ1n) is 11.5. The summed E-state index contributed by atoms with van der Waals surface area (Å²) in [4.78, 5) is 21.7. The number of benzene rings is 1. The molecule has 0 saturated carbocycles. The molecule has 174 valence electrons. The van der Waals surface area contributed by atoms with E-state index in [-0.39, 0.29) is 17.2 Å². The number of aryl methyl sites for hydroxylation is 2. The van der Waals surface area contributed by atoms with Crippen LogP contribution >= 0.6 is 0 Å². The maximum Gasteiger partial charge on any atom is 0.272 e. The molecule has 2 fully saturated rings. The van der Waals surface area contributed by atoms with Gasteiger partial charge in [-0.05, 0) is 38.1 Å². The maximum atomic E-state index is 13.2. The van der Waals surface area contributed by atoms with Crippen LogP contribution in [0, 0.1) is 12.3 Å². The molecule has 33 heavy (non-hydrogen) atoms. The van der Waals surface area contributed by atoms with Crippen molar-refractivity contribution in [1.82, 2.24) is 29.5 Å². The van der Waals surface area contributed by atoms with Crippen molar-refractivity contribution < 1.29 is 13.9 Å². The summed E-state index contributed by atoms with van der Waals surface area (Å²) in [6, 6.07) is 9.92. The van der Waals surface area contributed by atoms with Crippen LogP contribution in [-0.2, 0) is 7.05 Å². The average Bonchev–Trinajstić information content (AvgIpc) is 3.54. The molecule has 2 aromatic heterocycles. The minimum atomic E-state index is -0.0655. The number of carbonyl (C=O) groups is 1. The molecule has 9 heteroatoms. The Hall–Kier alpha value is -3.20. The molecule has 9 nitrogen and oxygen atoms in total. The second kappa shape index (κ2) is 8.97. The van der Waals surface area contributed by atoms with Gasteiger partial charge in [0.15, 0.2) is 0 Å². The zero-order chi connectivity index (χ0) is 22.8. The van der Waals surface area contributed by atoms with Crippen molar-refractivity contribution >= 4 is 5.91 Å². The number of hydrogen-bond donors (Lipinski definition) is 0. The van der Waals surface area contributed by atoms with Gasteiger partial charge in [0, 0.05) is 39.0 Å². The fourth-order valence-electron chi connectivity index (χ4n) is 5.18. The van der Waals surface area contributed by atoms with Gasteiger partial charge < -0.3 is 18.6 Å². The van der Waals surface area contributed by atoms with Gasteiger partial charge in [-0.15, -0.1) is 10.2 Å². The fraction of sp³-hybridized carbons (Fsp3) is 0.500. The van der Waals surface area contributed by atoms with E-state index in [2.05, 4.69) is 20.1 Å². The molecule has 5 rings (SSSR count). The number of amides is 1. The number of rotatable bonds is 6. The zero-order valence-electron chi connectivity index (χ0n) is 19.2. The van der Waals surface area contributed by atoms with Crippen LogP contribution in [-0.4, -0.2) is 74.8 Å². The number of nitrogens with zero attached hydrogens (tertiary/aromatic N) is 6. The van der Waals surface area contributed by atoms with E-state index >= 15 is 0 Å². The van der Waals surface area contributed by atoms with Crippen LogP contribution in [0.4, 0.5) is 0 Å². The first-order chi connectivity index (χ1) is 16.0. The lowest BCUT2D eigenvalue weighted by atomic mass is 9.70. The molecule has 3 aromatic rings. The van der Waals surface area contributed by atoms with Crippen molar-refractivity contribution in [3.05, 3.63) is 60.3 Å². The third kappa shape index (κ3) is 4.37. The zero-order valence-corrected chi connectivity index (χ0v) is 19.2. The van der Waals surface area contributed by atoms with Crippen LogP contribution in [0.1, 0.15) is 41.0 Å². The van der Waals surface area contributed by atoms with Gasteiger partial charge in [-0.3, -0.25) is 9.69 Å². The second-order valence-corrected chi connectivity index (χ2v) is 9.15. The largest absolute Gasteiger partial charge is 0.492 e. The highest BCUT2D eigenvalue weighted by atomic mass is 16.5. The van der Waals surface area contributed by atoms with Crippen molar-refractivity contribution in [3.8, 4) is 5.75 Å². The molecule has 0 aliphatic carbocycles. The molecular formula is C24H30N6O3. The summed E-state index contributed by atoms with van der Waals surface area (Å²) < 4.78 is 13.5. The van der Waals surface area contributed by atoms with E-state index in [1.807, 2.05) is 49.2 Å². The Bertz CT molecular complexity index is 1090. The predicted molar refractivity (Wildman–Crippen MR) is 121 cm³/mol. The SMILES string of the molecule is Cc1nnc(C2CN(C(=O)c3cncn3C)CC23CCN(CCOc2ccccc2)CC3)o1. The number of piperidine rings is 1. The molecular weight excluding hydrogens is 420 g/mol. The van der Waals surface area contributed by atoms with Gasteiger partial charge in [-0.1, -0.05) is 18.2 Å². The lowest BCUT2D eigenvalue weighted by molar-refractivity contribution is 0.0668. The summed E-state index contributed by atoms with van der Waals surface area (Å²) in [5.41, 5.74) is 0.535. The smallest absolute Gasteiger partial charge is 0.272 e. The average molecular weight is 451 g/mol. The van der Waals surface area contributed by atoms with Gasteiger partial charge in [-0.25, -0.2) is 4.98 Å². The molecule has 1 amide bonds. The van der Waals surface area contributed by atoms with Crippen LogP contribution in [0.15, 0.2) is 47.3 Å². The van der Waals surface area contributed by atoms with Crippen LogP contribution in [0.5, 0.6) is 5.75 Å². The van der Waals surface area contributed by atoms with Gasteiger partial charge in [0.2, 0.25) is 11.8 Å². The predicted octanol–water partition coefficient (Wildman–Crippen LogP) is 2.51. The summed E-state index contributed by atoms with van der Waals surface area (Å²) in [5.74, 6) is 2.16. The van der Waals surface area contributed by atoms with Gasteiger partial charge in [-0.2, -0.15) is 0 Å². The van der Waals surface area contributed by atoms with Gasteiger partial charge >= 0.3 is 0 Å². The molecule has 2 aliphatic heterocycles. The maximum absolute atomic E-state index is 13.2. The first kappa shape index (κ1) is 21.6. The Morgan fingerprint density at radius 2 is 2.00 bits per heavy atom. The summed E-state index contributed by atoms with van der Waals surface area (Å²) in [7, 11) is 1.85. The van der Waals surface area contributed by atoms with Gasteiger partial charge in [0.25, 0.3) is 5.91 Å². The lowest BCUT2D eigenvalue weighted by Gasteiger charge is -2.41. The van der Waals surface area contributed by atoms with Crippen molar-refractivity contribution in [2.24, 2.45) is 12.5 Å². The summed E-state index contributed by atoms with van der Waals surface area (Å²) >= 11 is 0. The number of ether oxygens (including phenoxy) is 1. The van der Waals surface area contributed by atoms with E-state index in [0.717, 1.165) is 38.2 Å². The third-order valence-electron chi connectivity index (χ3n) is 7.08. The molecule has 2 saturated heterocycles. The van der Waals surface area contributed by atoms with Crippen molar-refractivity contribution in [3.63, 3.8) is 0 Å². The Morgan fingerprint density at radius 3 is 2.67 bits per heavy atom. The number of para-hydroxylation sites is 1. The van der Waals surface area contributed by atoms with Crippen LogP contribution in [0.2, 0.25) is 0 Å². The van der Waals surface area contributed by atoms with E-state index in [9.17, 15) is 4.79 Å². The van der Waals surface area contributed by atoms with Crippen LogP contribution < -0.4 is 4.74 Å². The summed E-state index contributed by atoms with van der Waals surface area (Å²) in [6.07, 6.45) is 5.24. The van der Waals surface area contributed by atoms with Crippen LogP contribution in [0.3, 0.4) is 0 Å². The molecule has 1 aromatic carbocycles. The normalized spacial score (nSPS) is 20.4. The first-order valence-corrected chi connectivity index (χ1v) is 11.5. The number of imidazole rings is 1.